The molecule has 0 amide bonds. The lowest BCUT2D eigenvalue weighted by atomic mass is 9.77. The Morgan fingerprint density at radius 2 is 1.55 bits per heavy atom. The van der Waals surface area contributed by atoms with Crippen molar-refractivity contribution in [3.63, 3.8) is 0 Å². The summed E-state index contributed by atoms with van der Waals surface area (Å²) in [5, 5.41) is 2.22. The fourth-order valence-electron chi connectivity index (χ4n) is 4.54. The first kappa shape index (κ1) is 20.0. The van der Waals surface area contributed by atoms with Crippen LogP contribution >= 0.6 is 12.2 Å². The van der Waals surface area contributed by atoms with E-state index < -0.39 is 5.82 Å². The molecule has 0 N–H and O–H groups in total. The van der Waals surface area contributed by atoms with E-state index in [1.807, 2.05) is 6.07 Å². The first-order valence-corrected chi connectivity index (χ1v) is 11.0. The standard InChI is InChI=1S/C26H26FNS/c1-18-14-22(16-25(27)26(18)28-17-29)5-2-19-6-10-23(11-7-19)24-12-8-21(9-13-24)15-20-3-4-20/h6-7,10-11,14,16,20-21,24H,3-4,8-9,12-13,15H2,1H3. The molecule has 3 heteroatoms. The van der Waals surface area contributed by atoms with Gasteiger partial charge >= 0.3 is 0 Å². The van der Waals surface area contributed by atoms with Crippen LogP contribution in [0.25, 0.3) is 0 Å². The van der Waals surface area contributed by atoms with Crippen molar-refractivity contribution in [2.45, 2.75) is 57.8 Å². The van der Waals surface area contributed by atoms with Crippen molar-refractivity contribution in [2.75, 3.05) is 0 Å². The van der Waals surface area contributed by atoms with E-state index in [2.05, 4.69) is 58.5 Å². The molecule has 0 unspecified atom stereocenters. The van der Waals surface area contributed by atoms with Gasteiger partial charge in [0.05, 0.1) is 5.16 Å². The van der Waals surface area contributed by atoms with Crippen LogP contribution in [0.4, 0.5) is 10.1 Å². The Hall–Kier alpha value is -2.27. The van der Waals surface area contributed by atoms with Crippen LogP contribution in [0.3, 0.4) is 0 Å². The van der Waals surface area contributed by atoms with Crippen LogP contribution in [0.15, 0.2) is 41.4 Å². The fraction of sp³-hybridized carbons (Fsp3) is 0.423. The molecule has 0 aliphatic heterocycles. The van der Waals surface area contributed by atoms with Gasteiger partial charge in [0.25, 0.3) is 0 Å². The molecule has 29 heavy (non-hydrogen) atoms. The van der Waals surface area contributed by atoms with Crippen LogP contribution in [0, 0.1) is 36.4 Å². The maximum absolute atomic E-state index is 14.1. The highest BCUT2D eigenvalue weighted by Gasteiger charge is 2.28. The smallest absolute Gasteiger partial charge is 0.151 e. The molecule has 0 bridgehead atoms. The summed E-state index contributed by atoms with van der Waals surface area (Å²) in [5.41, 5.74) is 3.97. The number of nitrogens with zero attached hydrogens (tertiary/aromatic N) is 1. The molecular formula is C26H26FNS. The third kappa shape index (κ3) is 5.21. The molecule has 0 heterocycles. The van der Waals surface area contributed by atoms with Crippen LogP contribution in [-0.2, 0) is 0 Å². The Labute approximate surface area is 178 Å². The summed E-state index contributed by atoms with van der Waals surface area (Å²) in [6, 6.07) is 11.9. The van der Waals surface area contributed by atoms with Gasteiger partial charge in [-0.2, -0.15) is 4.99 Å². The quantitative estimate of drug-likeness (QED) is 0.295. The summed E-state index contributed by atoms with van der Waals surface area (Å²) < 4.78 is 14.1. The van der Waals surface area contributed by atoms with Gasteiger partial charge in [-0.1, -0.05) is 36.8 Å². The van der Waals surface area contributed by atoms with Gasteiger partial charge in [0.1, 0.15) is 5.69 Å². The lowest BCUT2D eigenvalue weighted by Gasteiger charge is -2.28. The van der Waals surface area contributed by atoms with E-state index in [0.717, 1.165) is 17.4 Å². The number of hydrogen-bond acceptors (Lipinski definition) is 2. The molecule has 2 saturated carbocycles. The molecule has 0 saturated heterocycles. The topological polar surface area (TPSA) is 12.4 Å². The molecule has 2 aromatic rings. The lowest BCUT2D eigenvalue weighted by Crippen LogP contribution is -2.13. The van der Waals surface area contributed by atoms with Gasteiger partial charge in [-0.3, -0.25) is 0 Å². The number of halogens is 1. The molecule has 0 spiro atoms. The Kier molecular flexibility index (Phi) is 6.24. The second kappa shape index (κ2) is 9.04. The van der Waals surface area contributed by atoms with Crippen LogP contribution in [-0.4, -0.2) is 5.16 Å². The third-order valence-corrected chi connectivity index (χ3v) is 6.45. The second-order valence-corrected chi connectivity index (χ2v) is 8.78. The average molecular weight is 404 g/mol. The van der Waals surface area contributed by atoms with Crippen molar-refractivity contribution in [3.05, 3.63) is 64.5 Å². The highest BCUT2D eigenvalue weighted by atomic mass is 32.1. The van der Waals surface area contributed by atoms with Crippen molar-refractivity contribution < 1.29 is 4.39 Å². The van der Waals surface area contributed by atoms with Crippen molar-refractivity contribution >= 4 is 23.1 Å². The van der Waals surface area contributed by atoms with Crippen molar-refractivity contribution in [3.8, 4) is 11.8 Å². The van der Waals surface area contributed by atoms with Crippen molar-refractivity contribution in [1.29, 1.82) is 0 Å². The molecule has 2 fully saturated rings. The van der Waals surface area contributed by atoms with Gasteiger partial charge in [0, 0.05) is 11.1 Å². The summed E-state index contributed by atoms with van der Waals surface area (Å²) in [6.07, 6.45) is 9.82. The Morgan fingerprint density at radius 1 is 0.931 bits per heavy atom. The van der Waals surface area contributed by atoms with E-state index >= 15 is 0 Å². The van der Waals surface area contributed by atoms with Gasteiger partial charge < -0.3 is 0 Å². The highest BCUT2D eigenvalue weighted by molar-refractivity contribution is 7.78. The zero-order valence-corrected chi connectivity index (χ0v) is 17.7. The molecule has 2 aliphatic rings. The van der Waals surface area contributed by atoms with E-state index in [1.165, 1.54) is 56.6 Å². The van der Waals surface area contributed by atoms with Crippen LogP contribution in [0.5, 0.6) is 0 Å². The maximum Gasteiger partial charge on any atom is 0.151 e. The van der Waals surface area contributed by atoms with E-state index in [-0.39, 0.29) is 5.69 Å². The number of benzene rings is 2. The average Bonchev–Trinajstić information content (AvgIpc) is 3.54. The monoisotopic (exact) mass is 403 g/mol. The molecule has 4 rings (SSSR count). The zero-order valence-electron chi connectivity index (χ0n) is 16.9. The number of aliphatic imine (C=N–C) groups is 1. The van der Waals surface area contributed by atoms with Gasteiger partial charge in [0.2, 0.25) is 0 Å². The highest BCUT2D eigenvalue weighted by Crippen LogP contribution is 2.43. The van der Waals surface area contributed by atoms with E-state index in [1.54, 1.807) is 6.92 Å². The predicted molar refractivity (Wildman–Crippen MR) is 120 cm³/mol. The summed E-state index contributed by atoms with van der Waals surface area (Å²) in [6.45, 7) is 1.80. The normalized spacial score (nSPS) is 21.0. The van der Waals surface area contributed by atoms with Crippen LogP contribution in [0.1, 0.15) is 73.1 Å². The number of thiocarbonyl (C=S) groups is 1. The number of hydrogen-bond donors (Lipinski definition) is 0. The van der Waals surface area contributed by atoms with Crippen molar-refractivity contribution in [2.24, 2.45) is 16.8 Å². The summed E-state index contributed by atoms with van der Waals surface area (Å²) >= 11 is 4.57. The fourth-order valence-corrected chi connectivity index (χ4v) is 4.63. The van der Waals surface area contributed by atoms with Crippen LogP contribution < -0.4 is 0 Å². The van der Waals surface area contributed by atoms with E-state index in [4.69, 9.17) is 0 Å². The van der Waals surface area contributed by atoms with Crippen molar-refractivity contribution in [1.82, 2.24) is 0 Å². The predicted octanol–water partition coefficient (Wildman–Crippen LogP) is 7.34. The Balaban J connectivity index is 1.40. The first-order valence-electron chi connectivity index (χ1n) is 10.6. The number of rotatable bonds is 4. The minimum atomic E-state index is -0.417. The molecule has 148 valence electrons. The van der Waals surface area contributed by atoms with E-state index in [0.29, 0.717) is 17.0 Å². The number of isothiocyanates is 1. The summed E-state index contributed by atoms with van der Waals surface area (Å²) in [5.74, 6) is 8.51. The SMILES string of the molecule is Cc1cc(C#Cc2ccc(C3CCC(CC4CC4)CC3)cc2)cc(F)c1N=C=S. The zero-order chi connectivity index (χ0) is 20.2. The largest absolute Gasteiger partial charge is 0.205 e. The van der Waals surface area contributed by atoms with E-state index in [9.17, 15) is 4.39 Å². The molecule has 0 aromatic heterocycles. The minimum absolute atomic E-state index is 0.238. The number of aryl methyl sites for hydroxylation is 1. The first-order chi connectivity index (χ1) is 14.1. The second-order valence-electron chi connectivity index (χ2n) is 8.60. The molecule has 2 aromatic carbocycles. The molecule has 1 nitrogen and oxygen atoms in total. The minimum Gasteiger partial charge on any atom is -0.205 e. The van der Waals surface area contributed by atoms with Crippen LogP contribution in [0.2, 0.25) is 0 Å². The third-order valence-electron chi connectivity index (χ3n) is 6.36. The molecular weight excluding hydrogens is 377 g/mol. The Bertz CT molecular complexity index is 957. The van der Waals surface area contributed by atoms with Gasteiger partial charge in [-0.25, -0.2) is 4.39 Å². The lowest BCUT2D eigenvalue weighted by molar-refractivity contribution is 0.299. The maximum atomic E-state index is 14.1. The van der Waals surface area contributed by atoms with Gasteiger partial charge in [-0.05, 0) is 104 Å². The summed E-state index contributed by atoms with van der Waals surface area (Å²) in [7, 11) is 0. The summed E-state index contributed by atoms with van der Waals surface area (Å²) in [4.78, 5) is 3.78. The molecule has 0 radical (unpaired) electrons. The molecule has 2 aliphatic carbocycles. The van der Waals surface area contributed by atoms with Gasteiger partial charge in [-0.15, -0.1) is 0 Å². The van der Waals surface area contributed by atoms with Gasteiger partial charge in [0.15, 0.2) is 5.82 Å². The molecule has 0 atom stereocenters. The Morgan fingerprint density at radius 3 is 2.14 bits per heavy atom.